The summed E-state index contributed by atoms with van der Waals surface area (Å²) in [6, 6.07) is 14.4. The number of nitrogens with one attached hydrogen (secondary N) is 2. The van der Waals surface area contributed by atoms with E-state index in [0.717, 1.165) is 23.7 Å². The summed E-state index contributed by atoms with van der Waals surface area (Å²) in [7, 11) is -1.98. The lowest BCUT2D eigenvalue weighted by Crippen LogP contribution is -2.34. The molecular weight excluding hydrogens is 374 g/mol. The number of aromatic nitrogens is 1. The Kier molecular flexibility index (Phi) is 4.51. The fourth-order valence-electron chi connectivity index (χ4n) is 3.78. The Labute approximate surface area is 164 Å². The molecule has 0 unspecified atom stereocenters. The van der Waals surface area contributed by atoms with E-state index in [2.05, 4.69) is 16.4 Å². The van der Waals surface area contributed by atoms with Crippen molar-refractivity contribution < 1.29 is 13.2 Å². The van der Waals surface area contributed by atoms with Gasteiger partial charge in [-0.3, -0.25) is 4.79 Å². The topological polar surface area (TPSA) is 82.3 Å². The molecule has 0 atom stereocenters. The van der Waals surface area contributed by atoms with E-state index in [1.165, 1.54) is 28.9 Å². The Bertz CT molecular complexity index is 1130. The maximum absolute atomic E-state index is 13.0. The molecule has 4 rings (SSSR count). The number of hydrogen-bond donors (Lipinski definition) is 2. The number of para-hydroxylation sites is 1. The average molecular weight is 398 g/mol. The van der Waals surface area contributed by atoms with E-state index in [1.54, 1.807) is 19.2 Å². The van der Waals surface area contributed by atoms with Gasteiger partial charge in [0.15, 0.2) is 0 Å². The van der Waals surface area contributed by atoms with Gasteiger partial charge in [-0.15, -0.1) is 0 Å². The molecule has 2 N–H and O–H groups in total. The van der Waals surface area contributed by atoms with Crippen LogP contribution in [0.5, 0.6) is 0 Å². The first kappa shape index (κ1) is 18.7. The van der Waals surface area contributed by atoms with Crippen molar-refractivity contribution in [3.05, 3.63) is 60.3 Å². The molecule has 1 aliphatic carbocycles. The van der Waals surface area contributed by atoms with Crippen LogP contribution in [0.2, 0.25) is 0 Å². The molecule has 1 heterocycles. The van der Waals surface area contributed by atoms with Crippen molar-refractivity contribution >= 4 is 32.5 Å². The van der Waals surface area contributed by atoms with Crippen LogP contribution < -0.4 is 5.32 Å². The third-order valence-electron chi connectivity index (χ3n) is 5.42. The third kappa shape index (κ3) is 3.31. The van der Waals surface area contributed by atoms with Crippen LogP contribution in [0.4, 0.5) is 5.69 Å². The zero-order valence-electron chi connectivity index (χ0n) is 15.9. The summed E-state index contributed by atoms with van der Waals surface area (Å²) >= 11 is 0. The van der Waals surface area contributed by atoms with Crippen molar-refractivity contribution in [2.75, 3.05) is 18.9 Å². The SMILES string of the molecule is CC(=O)Nc1ccc(S(=O)(=O)N(C)CC2(c3c[nH]c4ccccc34)CC2)cc1. The van der Waals surface area contributed by atoms with E-state index < -0.39 is 10.0 Å². The molecule has 146 valence electrons. The first-order valence-electron chi connectivity index (χ1n) is 9.22. The molecule has 7 heteroatoms. The zero-order valence-corrected chi connectivity index (χ0v) is 16.7. The van der Waals surface area contributed by atoms with Gasteiger partial charge in [0.25, 0.3) is 0 Å². The first-order valence-corrected chi connectivity index (χ1v) is 10.7. The minimum Gasteiger partial charge on any atom is -0.361 e. The highest BCUT2D eigenvalue weighted by atomic mass is 32.2. The van der Waals surface area contributed by atoms with E-state index in [0.29, 0.717) is 12.2 Å². The highest BCUT2D eigenvalue weighted by Gasteiger charge is 2.48. The second kappa shape index (κ2) is 6.76. The van der Waals surface area contributed by atoms with Gasteiger partial charge in [-0.25, -0.2) is 12.7 Å². The van der Waals surface area contributed by atoms with Crippen LogP contribution >= 0.6 is 0 Å². The number of aromatic amines is 1. The zero-order chi connectivity index (χ0) is 19.9. The van der Waals surface area contributed by atoms with Gasteiger partial charge in [0.2, 0.25) is 15.9 Å². The lowest BCUT2D eigenvalue weighted by atomic mass is 9.95. The van der Waals surface area contributed by atoms with Crippen LogP contribution in [0.1, 0.15) is 25.3 Å². The van der Waals surface area contributed by atoms with Crippen LogP contribution in [0.15, 0.2) is 59.6 Å². The van der Waals surface area contributed by atoms with Crippen LogP contribution in [0.3, 0.4) is 0 Å². The molecule has 6 nitrogen and oxygen atoms in total. The van der Waals surface area contributed by atoms with Crippen LogP contribution in [0, 0.1) is 0 Å². The van der Waals surface area contributed by atoms with Crippen molar-refractivity contribution in [1.82, 2.24) is 9.29 Å². The smallest absolute Gasteiger partial charge is 0.242 e. The molecule has 3 aromatic rings. The van der Waals surface area contributed by atoms with Crippen LogP contribution in [0.25, 0.3) is 10.9 Å². The molecule has 1 amide bonds. The highest BCUT2D eigenvalue weighted by Crippen LogP contribution is 2.51. The summed E-state index contributed by atoms with van der Waals surface area (Å²) < 4.78 is 27.5. The largest absolute Gasteiger partial charge is 0.361 e. The van der Waals surface area contributed by atoms with Gasteiger partial charge >= 0.3 is 0 Å². The Morgan fingerprint density at radius 3 is 2.46 bits per heavy atom. The van der Waals surface area contributed by atoms with Gasteiger partial charge in [-0.2, -0.15) is 0 Å². The predicted octanol–water partition coefficient (Wildman–Crippen LogP) is 3.48. The summed E-state index contributed by atoms with van der Waals surface area (Å²) in [6.07, 6.45) is 3.95. The second-order valence-corrected chi connectivity index (χ2v) is 9.54. The quantitative estimate of drug-likeness (QED) is 0.668. The summed E-state index contributed by atoms with van der Waals surface area (Å²) in [4.78, 5) is 14.7. The monoisotopic (exact) mass is 397 g/mol. The predicted molar refractivity (Wildman–Crippen MR) is 110 cm³/mol. The van der Waals surface area contributed by atoms with E-state index >= 15 is 0 Å². The molecule has 0 spiro atoms. The molecule has 0 saturated heterocycles. The molecule has 0 aliphatic heterocycles. The number of anilines is 1. The number of likely N-dealkylation sites (N-methyl/N-ethyl adjacent to an activating group) is 1. The molecule has 1 fully saturated rings. The average Bonchev–Trinajstić information content (AvgIpc) is 3.30. The van der Waals surface area contributed by atoms with Crippen LogP contribution in [-0.4, -0.2) is 37.2 Å². The van der Waals surface area contributed by atoms with Crippen molar-refractivity contribution in [3.63, 3.8) is 0 Å². The van der Waals surface area contributed by atoms with Gasteiger partial charge in [0, 0.05) is 48.7 Å². The van der Waals surface area contributed by atoms with E-state index in [1.807, 2.05) is 24.4 Å². The van der Waals surface area contributed by atoms with Gasteiger partial charge in [0.05, 0.1) is 4.90 Å². The number of nitrogens with zero attached hydrogens (tertiary/aromatic N) is 1. The summed E-state index contributed by atoms with van der Waals surface area (Å²) in [5.74, 6) is -0.192. The molecule has 0 bridgehead atoms. The second-order valence-electron chi connectivity index (χ2n) is 7.49. The van der Waals surface area contributed by atoms with E-state index in [-0.39, 0.29) is 16.2 Å². The number of amides is 1. The molecular formula is C21H23N3O3S. The minimum absolute atomic E-state index is 0.141. The molecule has 1 saturated carbocycles. The first-order chi connectivity index (χ1) is 13.3. The van der Waals surface area contributed by atoms with Crippen molar-refractivity contribution in [2.45, 2.75) is 30.1 Å². The fourth-order valence-corrected chi connectivity index (χ4v) is 5.04. The number of benzene rings is 2. The standard InChI is InChI=1S/C21H23N3O3S/c1-15(25)23-16-7-9-17(10-8-16)28(26,27)24(2)14-21(11-12-21)19-13-22-20-6-4-3-5-18(19)20/h3-10,13,22H,11-12,14H2,1-2H3,(H,23,25). The third-order valence-corrected chi connectivity index (χ3v) is 7.24. The van der Waals surface area contributed by atoms with Crippen molar-refractivity contribution in [1.29, 1.82) is 0 Å². The molecule has 2 aromatic carbocycles. The van der Waals surface area contributed by atoms with Gasteiger partial charge in [-0.05, 0) is 48.7 Å². The maximum Gasteiger partial charge on any atom is 0.242 e. The van der Waals surface area contributed by atoms with E-state index in [9.17, 15) is 13.2 Å². The number of H-pyrrole nitrogens is 1. The van der Waals surface area contributed by atoms with Crippen molar-refractivity contribution in [2.24, 2.45) is 0 Å². The van der Waals surface area contributed by atoms with Crippen molar-refractivity contribution in [3.8, 4) is 0 Å². The minimum atomic E-state index is -3.61. The number of carbonyl (C=O) groups is 1. The summed E-state index contributed by atoms with van der Waals surface area (Å²) in [6.45, 7) is 1.85. The fraction of sp³-hybridized carbons (Fsp3) is 0.286. The normalized spacial score (nSPS) is 15.7. The number of rotatable bonds is 6. The van der Waals surface area contributed by atoms with Gasteiger partial charge in [0.1, 0.15) is 0 Å². The molecule has 28 heavy (non-hydrogen) atoms. The molecule has 0 radical (unpaired) electrons. The summed E-state index contributed by atoms with van der Waals surface area (Å²) in [5, 5.41) is 3.80. The Hall–Kier alpha value is -2.64. The Morgan fingerprint density at radius 1 is 1.14 bits per heavy atom. The molecule has 1 aromatic heterocycles. The number of sulfonamides is 1. The number of hydrogen-bond acceptors (Lipinski definition) is 3. The van der Waals surface area contributed by atoms with Crippen LogP contribution in [-0.2, 0) is 20.2 Å². The molecule has 1 aliphatic rings. The number of fused-ring (bicyclic) bond motifs is 1. The Balaban J connectivity index is 1.57. The Morgan fingerprint density at radius 2 is 1.82 bits per heavy atom. The lowest BCUT2D eigenvalue weighted by Gasteiger charge is -2.23. The van der Waals surface area contributed by atoms with Gasteiger partial charge in [-0.1, -0.05) is 18.2 Å². The number of carbonyl (C=O) groups excluding carboxylic acids is 1. The van der Waals surface area contributed by atoms with Gasteiger partial charge < -0.3 is 10.3 Å². The lowest BCUT2D eigenvalue weighted by molar-refractivity contribution is -0.114. The van der Waals surface area contributed by atoms with E-state index in [4.69, 9.17) is 0 Å². The summed E-state index contributed by atoms with van der Waals surface area (Å²) in [5.41, 5.74) is 2.69. The highest BCUT2D eigenvalue weighted by molar-refractivity contribution is 7.89. The maximum atomic E-state index is 13.0.